The second-order valence-corrected chi connectivity index (χ2v) is 5.72. The van der Waals surface area contributed by atoms with Crippen LogP contribution in [0.25, 0.3) is 0 Å². The first-order chi connectivity index (χ1) is 11.2. The van der Waals surface area contributed by atoms with Crippen LogP contribution in [-0.2, 0) is 11.0 Å². The summed E-state index contributed by atoms with van der Waals surface area (Å²) in [4.78, 5) is 23.4. The first-order valence-electron chi connectivity index (χ1n) is 6.37. The summed E-state index contributed by atoms with van der Waals surface area (Å²) in [6, 6.07) is 5.86. The molecule has 0 saturated carbocycles. The van der Waals surface area contributed by atoms with Gasteiger partial charge in [-0.3, -0.25) is 9.59 Å². The zero-order valence-electron chi connectivity index (χ0n) is 11.7. The zero-order chi connectivity index (χ0) is 17.9. The van der Waals surface area contributed by atoms with Crippen LogP contribution in [0.15, 0.2) is 39.4 Å². The molecule has 0 bridgehead atoms. The zero-order valence-corrected chi connectivity index (χ0v) is 14.1. The summed E-state index contributed by atoms with van der Waals surface area (Å²) in [5.74, 6) is -1.35. The van der Waals surface area contributed by atoms with E-state index in [9.17, 15) is 22.8 Å². The molecule has 1 heterocycles. The topological polar surface area (TPSA) is 71.3 Å². The molecule has 2 rings (SSSR count). The van der Waals surface area contributed by atoms with Gasteiger partial charge >= 0.3 is 6.18 Å². The molecular weight excluding hydrogens is 417 g/mol. The summed E-state index contributed by atoms with van der Waals surface area (Å²) < 4.78 is 43.6. The first-order valence-corrected chi connectivity index (χ1v) is 7.54. The third-order valence-electron chi connectivity index (χ3n) is 2.76. The Hall–Kier alpha value is -2.00. The number of carbonyl (C=O) groups excluding carboxylic acids is 2. The molecule has 0 unspecified atom stereocenters. The third kappa shape index (κ3) is 4.75. The molecule has 0 aliphatic heterocycles. The highest BCUT2D eigenvalue weighted by Gasteiger charge is 2.33. The maximum absolute atomic E-state index is 12.7. The van der Waals surface area contributed by atoms with E-state index < -0.39 is 35.1 Å². The van der Waals surface area contributed by atoms with E-state index in [1.54, 1.807) is 0 Å². The Morgan fingerprint density at radius 1 is 1.21 bits per heavy atom. The van der Waals surface area contributed by atoms with Crippen LogP contribution in [0.2, 0.25) is 5.02 Å². The molecule has 2 aromatic rings. The van der Waals surface area contributed by atoms with Crippen molar-refractivity contribution in [1.29, 1.82) is 0 Å². The number of benzene rings is 1. The van der Waals surface area contributed by atoms with Gasteiger partial charge in [-0.2, -0.15) is 13.2 Å². The number of hydrogen-bond donors (Lipinski definition) is 2. The first kappa shape index (κ1) is 18.3. The molecule has 0 spiro atoms. The molecule has 0 radical (unpaired) electrons. The Kier molecular flexibility index (Phi) is 5.55. The molecule has 2 amide bonds. The van der Waals surface area contributed by atoms with Crippen molar-refractivity contribution in [3.05, 3.63) is 51.3 Å². The van der Waals surface area contributed by atoms with Crippen LogP contribution < -0.4 is 10.6 Å². The van der Waals surface area contributed by atoms with Gasteiger partial charge in [-0.15, -0.1) is 0 Å². The molecule has 1 aromatic carbocycles. The SMILES string of the molecule is O=C(CNC(=O)c1ccc(Br)o1)Nc1ccc(Cl)c(C(F)(F)F)c1. The maximum Gasteiger partial charge on any atom is 0.417 e. The Labute approximate surface area is 147 Å². The van der Waals surface area contributed by atoms with Crippen LogP contribution in [0.3, 0.4) is 0 Å². The van der Waals surface area contributed by atoms with Crippen LogP contribution in [0, 0.1) is 0 Å². The van der Waals surface area contributed by atoms with E-state index in [0.29, 0.717) is 10.7 Å². The maximum atomic E-state index is 12.7. The summed E-state index contributed by atoms with van der Waals surface area (Å²) >= 11 is 8.51. The van der Waals surface area contributed by atoms with Crippen molar-refractivity contribution in [1.82, 2.24) is 5.32 Å². The van der Waals surface area contributed by atoms with Crippen LogP contribution in [0.5, 0.6) is 0 Å². The molecule has 0 aliphatic carbocycles. The van der Waals surface area contributed by atoms with Gasteiger partial charge in [-0.25, -0.2) is 0 Å². The number of rotatable bonds is 4. The minimum atomic E-state index is -4.64. The van der Waals surface area contributed by atoms with E-state index >= 15 is 0 Å². The lowest BCUT2D eigenvalue weighted by molar-refractivity contribution is -0.137. The van der Waals surface area contributed by atoms with Gasteiger partial charge in [0.25, 0.3) is 5.91 Å². The van der Waals surface area contributed by atoms with E-state index in [2.05, 4.69) is 26.6 Å². The van der Waals surface area contributed by atoms with E-state index in [1.165, 1.54) is 18.2 Å². The molecule has 0 aliphatic rings. The highest BCUT2D eigenvalue weighted by atomic mass is 79.9. The van der Waals surface area contributed by atoms with Gasteiger partial charge in [0.05, 0.1) is 17.1 Å². The van der Waals surface area contributed by atoms with Crippen molar-refractivity contribution in [2.75, 3.05) is 11.9 Å². The summed E-state index contributed by atoms with van der Waals surface area (Å²) in [5.41, 5.74) is -1.15. The minimum Gasteiger partial charge on any atom is -0.444 e. The van der Waals surface area contributed by atoms with Crippen LogP contribution in [0.1, 0.15) is 16.1 Å². The van der Waals surface area contributed by atoms with Crippen LogP contribution in [-0.4, -0.2) is 18.4 Å². The lowest BCUT2D eigenvalue weighted by Crippen LogP contribution is -2.32. The average molecular weight is 426 g/mol. The summed E-state index contributed by atoms with van der Waals surface area (Å²) in [7, 11) is 0. The van der Waals surface area contributed by atoms with Crippen molar-refractivity contribution in [3.8, 4) is 0 Å². The Morgan fingerprint density at radius 3 is 2.50 bits per heavy atom. The second-order valence-electron chi connectivity index (χ2n) is 4.53. The lowest BCUT2D eigenvalue weighted by Gasteiger charge is -2.12. The summed E-state index contributed by atoms with van der Waals surface area (Å²) in [6.45, 7) is -0.443. The fraction of sp³-hybridized carbons (Fsp3) is 0.143. The number of halogens is 5. The van der Waals surface area contributed by atoms with Crippen LogP contribution in [0.4, 0.5) is 18.9 Å². The van der Waals surface area contributed by atoms with E-state index in [1.807, 2.05) is 0 Å². The normalized spacial score (nSPS) is 11.2. The molecular formula is C14H9BrClF3N2O3. The van der Waals surface area contributed by atoms with Crippen molar-refractivity contribution in [2.24, 2.45) is 0 Å². The molecule has 0 fully saturated rings. The molecule has 5 nitrogen and oxygen atoms in total. The third-order valence-corrected chi connectivity index (χ3v) is 3.52. The van der Waals surface area contributed by atoms with Crippen molar-refractivity contribution >= 4 is 45.0 Å². The number of alkyl halides is 3. The van der Waals surface area contributed by atoms with Gasteiger partial charge in [-0.1, -0.05) is 11.6 Å². The quantitative estimate of drug-likeness (QED) is 0.775. The fourth-order valence-corrected chi connectivity index (χ4v) is 2.24. The van der Waals surface area contributed by atoms with Crippen molar-refractivity contribution < 1.29 is 27.2 Å². The molecule has 128 valence electrons. The van der Waals surface area contributed by atoms with Gasteiger partial charge in [0.15, 0.2) is 10.4 Å². The lowest BCUT2D eigenvalue weighted by atomic mass is 10.2. The van der Waals surface area contributed by atoms with Gasteiger partial charge in [0.2, 0.25) is 5.91 Å². The molecule has 10 heteroatoms. The van der Waals surface area contributed by atoms with Gasteiger partial charge < -0.3 is 15.1 Å². The average Bonchev–Trinajstić information content (AvgIpc) is 2.92. The minimum absolute atomic E-state index is 0.0134. The predicted octanol–water partition coefficient (Wildman–Crippen LogP) is 4.08. The predicted molar refractivity (Wildman–Crippen MR) is 83.8 cm³/mol. The number of nitrogens with one attached hydrogen (secondary N) is 2. The fourth-order valence-electron chi connectivity index (χ4n) is 1.71. The van der Waals surface area contributed by atoms with Crippen molar-refractivity contribution in [3.63, 3.8) is 0 Å². The monoisotopic (exact) mass is 424 g/mol. The number of furan rings is 1. The van der Waals surface area contributed by atoms with Crippen LogP contribution >= 0.6 is 27.5 Å². The van der Waals surface area contributed by atoms with E-state index in [4.69, 9.17) is 16.0 Å². The summed E-state index contributed by atoms with van der Waals surface area (Å²) in [5, 5.41) is 4.04. The molecule has 24 heavy (non-hydrogen) atoms. The number of carbonyl (C=O) groups is 2. The summed E-state index contributed by atoms with van der Waals surface area (Å²) in [6.07, 6.45) is -4.64. The number of amides is 2. The molecule has 2 N–H and O–H groups in total. The van der Waals surface area contributed by atoms with Crippen molar-refractivity contribution in [2.45, 2.75) is 6.18 Å². The van der Waals surface area contributed by atoms with Gasteiger partial charge in [0.1, 0.15) is 0 Å². The van der Waals surface area contributed by atoms with Gasteiger partial charge in [-0.05, 0) is 46.3 Å². The highest BCUT2D eigenvalue weighted by Crippen LogP contribution is 2.36. The van der Waals surface area contributed by atoms with E-state index in [-0.39, 0.29) is 11.4 Å². The smallest absolute Gasteiger partial charge is 0.417 e. The number of hydrogen-bond acceptors (Lipinski definition) is 3. The standard InChI is InChI=1S/C14H9BrClF3N2O3/c15-11-4-3-10(24-11)13(23)20-6-12(22)21-7-1-2-9(16)8(5-7)14(17,18)19/h1-5H,6H2,(H,20,23)(H,21,22). The Bertz CT molecular complexity index is 777. The molecule has 0 saturated heterocycles. The largest absolute Gasteiger partial charge is 0.444 e. The Balaban J connectivity index is 1.96. The molecule has 1 aromatic heterocycles. The van der Waals surface area contributed by atoms with Gasteiger partial charge in [0, 0.05) is 5.69 Å². The number of anilines is 1. The second kappa shape index (κ2) is 7.27. The Morgan fingerprint density at radius 2 is 1.92 bits per heavy atom. The molecule has 0 atom stereocenters. The van der Waals surface area contributed by atoms with E-state index in [0.717, 1.165) is 6.07 Å². The highest BCUT2D eigenvalue weighted by molar-refractivity contribution is 9.10.